The number of nitrogens with zero attached hydrogens (tertiary/aromatic N) is 2. The largest absolute Gasteiger partial charge is 0.381 e. The monoisotopic (exact) mass is 267 g/mol. The van der Waals surface area contributed by atoms with Crippen LogP contribution in [0.25, 0.3) is 0 Å². The van der Waals surface area contributed by atoms with E-state index in [0.29, 0.717) is 0 Å². The molecule has 0 unspecified atom stereocenters. The molecule has 110 valence electrons. The van der Waals surface area contributed by atoms with Crippen molar-refractivity contribution in [2.24, 2.45) is 0 Å². The van der Waals surface area contributed by atoms with Crippen molar-refractivity contribution in [1.82, 2.24) is 15.1 Å². The zero-order chi connectivity index (χ0) is 14.1. The second-order valence-corrected chi connectivity index (χ2v) is 5.96. The first-order valence-corrected chi connectivity index (χ1v) is 7.36. The van der Waals surface area contributed by atoms with Gasteiger partial charge in [0.05, 0.1) is 11.7 Å². The Labute approximate surface area is 117 Å². The lowest BCUT2D eigenvalue weighted by Gasteiger charge is -2.18. The molecule has 0 radical (unpaired) electrons. The molecule has 0 saturated carbocycles. The summed E-state index contributed by atoms with van der Waals surface area (Å²) in [4.78, 5) is 0. The van der Waals surface area contributed by atoms with Gasteiger partial charge in [0.1, 0.15) is 0 Å². The second kappa shape index (κ2) is 8.33. The van der Waals surface area contributed by atoms with Gasteiger partial charge in [-0.25, -0.2) is 0 Å². The summed E-state index contributed by atoms with van der Waals surface area (Å²) in [5.74, 6) is 0. The highest BCUT2D eigenvalue weighted by Crippen LogP contribution is 2.12. The topological polar surface area (TPSA) is 39.1 Å². The van der Waals surface area contributed by atoms with E-state index in [1.807, 2.05) is 10.9 Å². The van der Waals surface area contributed by atoms with Crippen molar-refractivity contribution in [3.8, 4) is 0 Å². The number of nitrogens with one attached hydrogen (secondary N) is 1. The molecule has 0 atom stereocenters. The second-order valence-electron chi connectivity index (χ2n) is 5.96. The molecule has 0 aromatic carbocycles. The summed E-state index contributed by atoms with van der Waals surface area (Å²) in [5.41, 5.74) is 1.30. The van der Waals surface area contributed by atoms with E-state index in [4.69, 9.17) is 4.74 Å². The molecule has 0 fully saturated rings. The molecular formula is C15H29N3O. The van der Waals surface area contributed by atoms with Gasteiger partial charge in [-0.15, -0.1) is 0 Å². The number of hydrogen-bond acceptors (Lipinski definition) is 3. The number of aromatic nitrogens is 2. The average Bonchev–Trinajstić information content (AvgIpc) is 2.81. The van der Waals surface area contributed by atoms with E-state index in [-0.39, 0.29) is 5.54 Å². The Morgan fingerprint density at radius 1 is 1.26 bits per heavy atom. The summed E-state index contributed by atoms with van der Waals surface area (Å²) >= 11 is 0. The van der Waals surface area contributed by atoms with Crippen molar-refractivity contribution in [2.75, 3.05) is 19.8 Å². The minimum Gasteiger partial charge on any atom is -0.381 e. The minimum atomic E-state index is 0.0609. The van der Waals surface area contributed by atoms with Crippen molar-refractivity contribution in [3.63, 3.8) is 0 Å². The van der Waals surface area contributed by atoms with E-state index < -0.39 is 0 Å². The Kier molecular flexibility index (Phi) is 7.10. The number of rotatable bonds is 9. The fraction of sp³-hybridized carbons (Fsp3) is 0.800. The molecule has 4 nitrogen and oxygen atoms in total. The molecule has 4 heteroatoms. The SMILES string of the molecule is CCCCOCCCNCc1cnn(C(C)(C)C)c1. The highest BCUT2D eigenvalue weighted by atomic mass is 16.5. The van der Waals surface area contributed by atoms with Crippen LogP contribution in [0.1, 0.15) is 52.5 Å². The maximum absolute atomic E-state index is 5.52. The van der Waals surface area contributed by atoms with Crippen LogP contribution >= 0.6 is 0 Å². The van der Waals surface area contributed by atoms with Crippen molar-refractivity contribution in [2.45, 2.75) is 59.0 Å². The quantitative estimate of drug-likeness (QED) is 0.699. The zero-order valence-corrected chi connectivity index (χ0v) is 12.9. The van der Waals surface area contributed by atoms with Gasteiger partial charge in [-0.05, 0) is 40.2 Å². The number of hydrogen-bond donors (Lipinski definition) is 1. The van der Waals surface area contributed by atoms with Gasteiger partial charge >= 0.3 is 0 Å². The Morgan fingerprint density at radius 3 is 2.63 bits per heavy atom. The summed E-state index contributed by atoms with van der Waals surface area (Å²) in [7, 11) is 0. The van der Waals surface area contributed by atoms with E-state index >= 15 is 0 Å². The Morgan fingerprint density at radius 2 is 2.00 bits per heavy atom. The van der Waals surface area contributed by atoms with Crippen LogP contribution in [-0.4, -0.2) is 29.5 Å². The van der Waals surface area contributed by atoms with Crippen molar-refractivity contribution >= 4 is 0 Å². The number of ether oxygens (including phenoxy) is 1. The smallest absolute Gasteiger partial charge is 0.0543 e. The lowest BCUT2D eigenvalue weighted by molar-refractivity contribution is 0.129. The molecule has 1 aromatic rings. The predicted octanol–water partition coefficient (Wildman–Crippen LogP) is 2.93. The van der Waals surface area contributed by atoms with E-state index in [0.717, 1.165) is 32.7 Å². The van der Waals surface area contributed by atoms with E-state index in [1.165, 1.54) is 18.4 Å². The maximum atomic E-state index is 5.52. The molecule has 0 aliphatic carbocycles. The van der Waals surface area contributed by atoms with Gasteiger partial charge in [-0.3, -0.25) is 4.68 Å². The molecule has 1 N–H and O–H groups in total. The van der Waals surface area contributed by atoms with Gasteiger partial charge in [0.15, 0.2) is 0 Å². The molecule has 0 saturated heterocycles. The highest BCUT2D eigenvalue weighted by Gasteiger charge is 2.13. The van der Waals surface area contributed by atoms with Gasteiger partial charge < -0.3 is 10.1 Å². The normalized spacial score (nSPS) is 12.0. The fourth-order valence-electron chi connectivity index (χ4n) is 1.70. The molecule has 0 amide bonds. The summed E-state index contributed by atoms with van der Waals surface area (Å²) in [6.07, 6.45) is 7.49. The maximum Gasteiger partial charge on any atom is 0.0543 e. The van der Waals surface area contributed by atoms with E-state index in [1.54, 1.807) is 0 Å². The van der Waals surface area contributed by atoms with E-state index in [9.17, 15) is 0 Å². The van der Waals surface area contributed by atoms with E-state index in [2.05, 4.69) is 44.3 Å². The third-order valence-corrected chi connectivity index (χ3v) is 2.94. The average molecular weight is 267 g/mol. The minimum absolute atomic E-state index is 0.0609. The van der Waals surface area contributed by atoms with Crippen molar-refractivity contribution in [1.29, 1.82) is 0 Å². The summed E-state index contributed by atoms with van der Waals surface area (Å²) in [6, 6.07) is 0. The van der Waals surface area contributed by atoms with Gasteiger partial charge in [0, 0.05) is 31.5 Å². The highest BCUT2D eigenvalue weighted by molar-refractivity contribution is 5.04. The van der Waals surface area contributed by atoms with Crippen LogP contribution in [0, 0.1) is 0 Å². The Balaban J connectivity index is 2.08. The third kappa shape index (κ3) is 6.73. The van der Waals surface area contributed by atoms with Crippen LogP contribution in [0.4, 0.5) is 0 Å². The zero-order valence-electron chi connectivity index (χ0n) is 12.9. The molecule has 0 aliphatic heterocycles. The molecule has 1 aromatic heterocycles. The summed E-state index contributed by atoms with van der Waals surface area (Å²) in [5, 5.41) is 7.81. The standard InChI is InChI=1S/C15H29N3O/c1-5-6-9-19-10-7-8-16-11-14-12-17-18(13-14)15(2,3)4/h12-13,16H,5-11H2,1-4H3. The summed E-state index contributed by atoms with van der Waals surface area (Å²) in [6.45, 7) is 12.3. The van der Waals surface area contributed by atoms with Gasteiger partial charge in [0.2, 0.25) is 0 Å². The Hall–Kier alpha value is -0.870. The number of unbranched alkanes of at least 4 members (excludes halogenated alkanes) is 1. The van der Waals surface area contributed by atoms with Crippen LogP contribution in [0.15, 0.2) is 12.4 Å². The molecule has 0 bridgehead atoms. The molecule has 1 heterocycles. The van der Waals surface area contributed by atoms with Crippen molar-refractivity contribution in [3.05, 3.63) is 18.0 Å². The lowest BCUT2D eigenvalue weighted by atomic mass is 10.1. The molecule has 19 heavy (non-hydrogen) atoms. The van der Waals surface area contributed by atoms with Crippen LogP contribution in [0.3, 0.4) is 0 Å². The summed E-state index contributed by atoms with van der Waals surface area (Å²) < 4.78 is 7.53. The fourth-order valence-corrected chi connectivity index (χ4v) is 1.70. The lowest BCUT2D eigenvalue weighted by Crippen LogP contribution is -2.22. The first kappa shape index (κ1) is 16.2. The molecule has 0 spiro atoms. The first-order chi connectivity index (χ1) is 9.04. The Bertz CT molecular complexity index is 341. The van der Waals surface area contributed by atoms with Gasteiger partial charge in [-0.2, -0.15) is 5.10 Å². The van der Waals surface area contributed by atoms with Crippen LogP contribution in [0.2, 0.25) is 0 Å². The first-order valence-electron chi connectivity index (χ1n) is 7.36. The molecular weight excluding hydrogens is 238 g/mol. The van der Waals surface area contributed by atoms with Crippen LogP contribution in [0.5, 0.6) is 0 Å². The van der Waals surface area contributed by atoms with Gasteiger partial charge in [-0.1, -0.05) is 13.3 Å². The predicted molar refractivity (Wildman–Crippen MR) is 79.3 cm³/mol. The van der Waals surface area contributed by atoms with Crippen LogP contribution in [-0.2, 0) is 16.8 Å². The van der Waals surface area contributed by atoms with Crippen molar-refractivity contribution < 1.29 is 4.74 Å². The molecule has 1 rings (SSSR count). The van der Waals surface area contributed by atoms with Gasteiger partial charge in [0.25, 0.3) is 0 Å². The van der Waals surface area contributed by atoms with Crippen LogP contribution < -0.4 is 5.32 Å². The molecule has 0 aliphatic rings. The third-order valence-electron chi connectivity index (χ3n) is 2.94.